The monoisotopic (exact) mass is 805 g/mol. The predicted molar refractivity (Wildman–Crippen MR) is 229 cm³/mol. The summed E-state index contributed by atoms with van der Waals surface area (Å²) < 4.78 is 0. The summed E-state index contributed by atoms with van der Waals surface area (Å²) in [6.45, 7) is 16.5. The van der Waals surface area contributed by atoms with E-state index in [9.17, 15) is 14.4 Å². The normalized spacial score (nSPS) is 21.8. The lowest BCUT2D eigenvalue weighted by molar-refractivity contribution is -0.117. The maximum absolute atomic E-state index is 11.7. The molecule has 0 saturated carbocycles. The Balaban J connectivity index is 0.000000169. The number of fused-ring (bicyclic) bond motifs is 9. The lowest BCUT2D eigenvalue weighted by Crippen LogP contribution is -2.51. The third kappa shape index (κ3) is 11.0. The van der Waals surface area contributed by atoms with Gasteiger partial charge in [0, 0.05) is 78.2 Å². The smallest absolute Gasteiger partial charge is 0.226 e. The minimum atomic E-state index is 0.114. The van der Waals surface area contributed by atoms with Gasteiger partial charge in [-0.1, -0.05) is 80.0 Å². The van der Waals surface area contributed by atoms with Gasteiger partial charge < -0.3 is 46.6 Å². The van der Waals surface area contributed by atoms with Crippen LogP contribution in [0.1, 0.15) is 47.0 Å². The minimum Gasteiger partial charge on any atom is -0.364 e. The second kappa shape index (κ2) is 22.3. The summed E-state index contributed by atoms with van der Waals surface area (Å²) in [5.41, 5.74) is 6.28. The first kappa shape index (κ1) is 42.6. The molecule has 6 aliphatic heterocycles. The Labute approximate surface area is 330 Å². The van der Waals surface area contributed by atoms with E-state index in [2.05, 4.69) is 80.7 Å². The molecule has 0 spiro atoms. The fourth-order valence-electron chi connectivity index (χ4n) is 7.52. The highest BCUT2D eigenvalue weighted by atomic mass is 79.9. The summed E-state index contributed by atoms with van der Waals surface area (Å²) in [4.78, 5) is 42.2. The summed E-state index contributed by atoms with van der Waals surface area (Å²) >= 11 is 2.94. The third-order valence-electron chi connectivity index (χ3n) is 9.78. The highest BCUT2D eigenvalue weighted by Crippen LogP contribution is 2.33. The van der Waals surface area contributed by atoms with Gasteiger partial charge in [0.1, 0.15) is 0 Å². The van der Waals surface area contributed by atoms with Crippen LogP contribution < -0.4 is 46.6 Å². The molecule has 294 valence electrons. The number of rotatable bonds is 0. The molecular formula is C41H60BrN9O3. The number of hydrogen-bond acceptors (Lipinski definition) is 9. The highest BCUT2D eigenvalue weighted by Gasteiger charge is 2.31. The van der Waals surface area contributed by atoms with Crippen molar-refractivity contribution in [1.29, 1.82) is 0 Å². The number of nitrogens with one attached hydrogen (secondary N) is 6. The number of piperazine rings is 3. The number of anilines is 6. The molecule has 0 aromatic heterocycles. The topological polar surface area (TPSA) is 133 Å². The molecule has 6 aliphatic rings. The lowest BCUT2D eigenvalue weighted by Gasteiger charge is -2.36. The number of carbonyl (C=O) groups excluding carboxylic acids is 3. The van der Waals surface area contributed by atoms with Gasteiger partial charge >= 0.3 is 0 Å². The van der Waals surface area contributed by atoms with Crippen molar-refractivity contribution in [3.8, 4) is 0 Å². The zero-order valence-electron chi connectivity index (χ0n) is 32.6. The van der Waals surface area contributed by atoms with Crippen LogP contribution in [-0.4, -0.2) is 101 Å². The van der Waals surface area contributed by atoms with E-state index < -0.39 is 0 Å². The molecule has 0 aliphatic carbocycles. The molecule has 3 amide bonds. The van der Waals surface area contributed by atoms with E-state index in [4.69, 9.17) is 0 Å². The average molecular weight is 807 g/mol. The van der Waals surface area contributed by atoms with Gasteiger partial charge in [0.05, 0.1) is 52.2 Å². The Morgan fingerprint density at radius 2 is 0.722 bits per heavy atom. The van der Waals surface area contributed by atoms with Crippen LogP contribution in [-0.2, 0) is 14.4 Å². The van der Waals surface area contributed by atoms with Gasteiger partial charge in [0.25, 0.3) is 0 Å². The highest BCUT2D eigenvalue weighted by molar-refractivity contribution is 9.08. The number of benzene rings is 3. The van der Waals surface area contributed by atoms with Gasteiger partial charge in [-0.2, -0.15) is 0 Å². The van der Waals surface area contributed by atoms with E-state index in [1.54, 1.807) is 0 Å². The van der Waals surface area contributed by atoms with Crippen LogP contribution in [0, 0.1) is 0 Å². The first-order chi connectivity index (χ1) is 26.5. The number of hydrogen-bond donors (Lipinski definition) is 6. The largest absolute Gasteiger partial charge is 0.364 e. The summed E-state index contributed by atoms with van der Waals surface area (Å²) in [5.74, 6) is 2.16. The van der Waals surface area contributed by atoms with Crippen LogP contribution >= 0.6 is 15.9 Å². The number of halogens is 1. The van der Waals surface area contributed by atoms with Gasteiger partial charge in [-0.3, -0.25) is 14.4 Å². The fraction of sp³-hybridized carbons (Fsp3) is 0.488. The van der Waals surface area contributed by atoms with E-state index in [0.717, 1.165) is 93.0 Å². The molecule has 6 heterocycles. The summed E-state index contributed by atoms with van der Waals surface area (Å²) in [5, 5.41) is 18.9. The average Bonchev–Trinajstić information content (AvgIpc) is 3.54. The summed E-state index contributed by atoms with van der Waals surface area (Å²) in [7, 11) is 0. The van der Waals surface area contributed by atoms with E-state index in [0.29, 0.717) is 19.3 Å². The molecule has 54 heavy (non-hydrogen) atoms. The number of amides is 3. The Hall–Kier alpha value is -4.17. The SMILES string of the molecule is CBr.CC.CC.O=C1CC2CNCCN2c2ccccc2N1.O=C1CC2CNCCN2c2ccccc2N1.O=C1CC2CNCCN2c2ccccc2N1. The molecule has 3 fully saturated rings. The number of nitrogens with zero attached hydrogens (tertiary/aromatic N) is 3. The number of para-hydroxylation sites is 6. The van der Waals surface area contributed by atoms with E-state index in [-0.39, 0.29) is 35.8 Å². The number of alkyl halides is 1. The van der Waals surface area contributed by atoms with E-state index in [1.807, 2.05) is 88.1 Å². The van der Waals surface area contributed by atoms with Crippen LogP contribution in [0.15, 0.2) is 72.8 Å². The van der Waals surface area contributed by atoms with Crippen molar-refractivity contribution >= 4 is 67.8 Å². The van der Waals surface area contributed by atoms with Crippen LogP contribution in [0.4, 0.5) is 34.1 Å². The van der Waals surface area contributed by atoms with Crippen molar-refractivity contribution in [1.82, 2.24) is 16.0 Å². The Bertz CT molecular complexity index is 1450. The van der Waals surface area contributed by atoms with Crippen LogP contribution in [0.3, 0.4) is 0 Å². The van der Waals surface area contributed by atoms with E-state index >= 15 is 0 Å². The van der Waals surface area contributed by atoms with Gasteiger partial charge in [-0.15, -0.1) is 0 Å². The van der Waals surface area contributed by atoms with Gasteiger partial charge in [0.2, 0.25) is 17.7 Å². The quantitative estimate of drug-likeness (QED) is 0.164. The van der Waals surface area contributed by atoms with Gasteiger partial charge in [-0.25, -0.2) is 0 Å². The Morgan fingerprint density at radius 3 is 1.00 bits per heavy atom. The van der Waals surface area contributed by atoms with Crippen LogP contribution in [0.5, 0.6) is 0 Å². The van der Waals surface area contributed by atoms with Crippen molar-refractivity contribution in [2.45, 2.75) is 65.1 Å². The standard InChI is InChI=1S/3C12H15N3O.2C2H6.CH3Br/c3*16-12-7-9-8-13-5-6-15(9)11-4-2-1-3-10(11)14-12;3*1-2/h3*1-4,9,13H,5-8H2,(H,14,16);2*1-2H3;1H3. The van der Waals surface area contributed by atoms with Crippen LogP contribution in [0.2, 0.25) is 0 Å². The van der Waals surface area contributed by atoms with Crippen molar-refractivity contribution in [3.05, 3.63) is 72.8 Å². The van der Waals surface area contributed by atoms with Crippen LogP contribution in [0.25, 0.3) is 0 Å². The molecule has 9 rings (SSSR count). The molecule has 3 aromatic carbocycles. The molecule has 12 nitrogen and oxygen atoms in total. The number of carbonyl (C=O) groups is 3. The van der Waals surface area contributed by atoms with Gasteiger partial charge in [-0.05, 0) is 42.2 Å². The molecule has 13 heteroatoms. The molecule has 3 unspecified atom stereocenters. The molecular weight excluding hydrogens is 746 g/mol. The van der Waals surface area contributed by atoms with Crippen molar-refractivity contribution in [2.24, 2.45) is 0 Å². The summed E-state index contributed by atoms with van der Waals surface area (Å²) in [6, 6.07) is 25.0. The third-order valence-corrected chi connectivity index (χ3v) is 9.78. The maximum Gasteiger partial charge on any atom is 0.226 e. The Morgan fingerprint density at radius 1 is 0.463 bits per heavy atom. The first-order valence-corrected chi connectivity index (χ1v) is 21.1. The molecule has 0 bridgehead atoms. The van der Waals surface area contributed by atoms with Crippen molar-refractivity contribution in [2.75, 3.05) is 95.4 Å². The van der Waals surface area contributed by atoms with Crippen molar-refractivity contribution < 1.29 is 14.4 Å². The second-order valence-electron chi connectivity index (χ2n) is 13.0. The molecule has 3 saturated heterocycles. The Kier molecular flexibility index (Phi) is 17.6. The second-order valence-corrected chi connectivity index (χ2v) is 13.0. The fourth-order valence-corrected chi connectivity index (χ4v) is 7.52. The summed E-state index contributed by atoms with van der Waals surface area (Å²) in [6.07, 6.45) is 1.71. The van der Waals surface area contributed by atoms with Crippen molar-refractivity contribution in [3.63, 3.8) is 0 Å². The molecule has 3 aromatic rings. The zero-order valence-corrected chi connectivity index (χ0v) is 34.2. The van der Waals surface area contributed by atoms with E-state index in [1.165, 1.54) is 0 Å². The molecule has 3 atom stereocenters. The predicted octanol–water partition coefficient (Wildman–Crippen LogP) is 5.48. The van der Waals surface area contributed by atoms with Gasteiger partial charge in [0.15, 0.2) is 0 Å². The molecule has 0 radical (unpaired) electrons. The zero-order chi connectivity index (χ0) is 38.9. The lowest BCUT2D eigenvalue weighted by atomic mass is 10.1. The first-order valence-electron chi connectivity index (χ1n) is 19.5. The minimum absolute atomic E-state index is 0.114. The molecule has 6 N–H and O–H groups in total. The maximum atomic E-state index is 11.7.